The van der Waals surface area contributed by atoms with Crippen molar-refractivity contribution < 1.29 is 13.9 Å². The third kappa shape index (κ3) is 3.03. The molecule has 1 heterocycles. The van der Waals surface area contributed by atoms with Crippen LogP contribution in [-0.2, 0) is 4.74 Å². The van der Waals surface area contributed by atoms with E-state index in [1.165, 1.54) is 13.2 Å². The standard InChI is InChI=1S/C13H8Cl2FNO2/c1-19-13(18)12-10(2-3-11(16)17-12)7-4-8(14)6-9(15)5-7/h2-6H,1H3. The van der Waals surface area contributed by atoms with Gasteiger partial charge in [0, 0.05) is 15.6 Å². The average molecular weight is 300 g/mol. The largest absolute Gasteiger partial charge is 0.464 e. The fraction of sp³-hybridized carbons (Fsp3) is 0.0769. The van der Waals surface area contributed by atoms with E-state index in [9.17, 15) is 9.18 Å². The van der Waals surface area contributed by atoms with E-state index in [4.69, 9.17) is 23.2 Å². The highest BCUT2D eigenvalue weighted by Gasteiger charge is 2.17. The molecule has 0 amide bonds. The maximum atomic E-state index is 13.1. The molecule has 1 aromatic heterocycles. The van der Waals surface area contributed by atoms with Crippen LogP contribution in [0.5, 0.6) is 0 Å². The number of halogens is 3. The SMILES string of the molecule is COC(=O)c1nc(F)ccc1-c1cc(Cl)cc(Cl)c1. The highest BCUT2D eigenvalue weighted by molar-refractivity contribution is 6.35. The van der Waals surface area contributed by atoms with Gasteiger partial charge in [0.1, 0.15) is 0 Å². The van der Waals surface area contributed by atoms with Gasteiger partial charge in [0.15, 0.2) is 5.69 Å². The van der Waals surface area contributed by atoms with Crippen molar-refractivity contribution in [1.82, 2.24) is 4.98 Å². The maximum absolute atomic E-state index is 13.1. The Morgan fingerprint density at radius 2 is 1.84 bits per heavy atom. The van der Waals surface area contributed by atoms with Crippen LogP contribution in [0.4, 0.5) is 4.39 Å². The van der Waals surface area contributed by atoms with Gasteiger partial charge in [-0.2, -0.15) is 4.39 Å². The van der Waals surface area contributed by atoms with Gasteiger partial charge in [-0.3, -0.25) is 0 Å². The molecule has 98 valence electrons. The van der Waals surface area contributed by atoms with Crippen molar-refractivity contribution >= 4 is 29.2 Å². The van der Waals surface area contributed by atoms with Gasteiger partial charge in [0.2, 0.25) is 5.95 Å². The topological polar surface area (TPSA) is 39.2 Å². The van der Waals surface area contributed by atoms with Crippen LogP contribution >= 0.6 is 23.2 Å². The molecular weight excluding hydrogens is 292 g/mol. The molecule has 3 nitrogen and oxygen atoms in total. The molecule has 0 radical (unpaired) electrons. The third-order valence-electron chi connectivity index (χ3n) is 2.41. The van der Waals surface area contributed by atoms with E-state index >= 15 is 0 Å². The minimum atomic E-state index is -0.766. The first-order chi connectivity index (χ1) is 9.01. The fourth-order valence-corrected chi connectivity index (χ4v) is 2.16. The summed E-state index contributed by atoms with van der Waals surface area (Å²) in [5.74, 6) is -1.50. The van der Waals surface area contributed by atoms with Crippen LogP contribution in [0.25, 0.3) is 11.1 Å². The van der Waals surface area contributed by atoms with Gasteiger partial charge >= 0.3 is 5.97 Å². The molecule has 0 bridgehead atoms. The van der Waals surface area contributed by atoms with Crippen molar-refractivity contribution in [2.24, 2.45) is 0 Å². The zero-order valence-corrected chi connectivity index (χ0v) is 11.3. The van der Waals surface area contributed by atoms with Crippen LogP contribution in [-0.4, -0.2) is 18.1 Å². The second-order valence-corrected chi connectivity index (χ2v) is 4.55. The van der Waals surface area contributed by atoms with Crippen LogP contribution in [0.1, 0.15) is 10.5 Å². The molecule has 0 aliphatic heterocycles. The fourth-order valence-electron chi connectivity index (χ4n) is 1.63. The zero-order chi connectivity index (χ0) is 14.0. The molecule has 0 aliphatic carbocycles. The first-order valence-corrected chi connectivity index (χ1v) is 5.98. The molecule has 0 N–H and O–H groups in total. The lowest BCUT2D eigenvalue weighted by molar-refractivity contribution is 0.0593. The van der Waals surface area contributed by atoms with Gasteiger partial charge < -0.3 is 4.74 Å². The molecule has 0 fully saturated rings. The lowest BCUT2D eigenvalue weighted by atomic mass is 10.0. The summed E-state index contributed by atoms with van der Waals surface area (Å²) in [5.41, 5.74) is 0.837. The molecular formula is C13H8Cl2FNO2. The predicted octanol–water partition coefficient (Wildman–Crippen LogP) is 3.98. The summed E-state index contributed by atoms with van der Waals surface area (Å²) < 4.78 is 17.7. The van der Waals surface area contributed by atoms with Crippen LogP contribution in [0.3, 0.4) is 0 Å². The Hall–Kier alpha value is -1.65. The summed E-state index contributed by atoms with van der Waals surface area (Å²) in [6.45, 7) is 0. The van der Waals surface area contributed by atoms with Crippen LogP contribution in [0.2, 0.25) is 10.0 Å². The average Bonchev–Trinajstić information content (AvgIpc) is 2.36. The second-order valence-electron chi connectivity index (χ2n) is 3.68. The molecule has 1 aromatic carbocycles. The van der Waals surface area contributed by atoms with Crippen molar-refractivity contribution in [1.29, 1.82) is 0 Å². The maximum Gasteiger partial charge on any atom is 0.357 e. The van der Waals surface area contributed by atoms with E-state index in [2.05, 4.69) is 9.72 Å². The van der Waals surface area contributed by atoms with Crippen molar-refractivity contribution in [2.45, 2.75) is 0 Å². The molecule has 0 saturated heterocycles. The Kier molecular flexibility index (Phi) is 4.02. The first-order valence-electron chi connectivity index (χ1n) is 5.22. The highest BCUT2D eigenvalue weighted by Crippen LogP contribution is 2.29. The molecule has 0 saturated carbocycles. The smallest absolute Gasteiger partial charge is 0.357 e. The van der Waals surface area contributed by atoms with Crippen molar-refractivity contribution in [3.63, 3.8) is 0 Å². The minimum Gasteiger partial charge on any atom is -0.464 e. The Bertz CT molecular complexity index is 626. The second kappa shape index (κ2) is 5.55. The molecule has 2 rings (SSSR count). The number of carbonyl (C=O) groups excluding carboxylic acids is 1. The lowest BCUT2D eigenvalue weighted by Crippen LogP contribution is -2.07. The van der Waals surface area contributed by atoms with Crippen LogP contribution in [0.15, 0.2) is 30.3 Å². The lowest BCUT2D eigenvalue weighted by Gasteiger charge is -2.08. The van der Waals surface area contributed by atoms with Gasteiger partial charge in [-0.1, -0.05) is 23.2 Å². The number of rotatable bonds is 2. The Morgan fingerprint density at radius 3 is 2.42 bits per heavy atom. The zero-order valence-electron chi connectivity index (χ0n) is 9.78. The van der Waals surface area contributed by atoms with E-state index in [0.29, 0.717) is 21.2 Å². The van der Waals surface area contributed by atoms with E-state index in [-0.39, 0.29) is 5.69 Å². The van der Waals surface area contributed by atoms with Gasteiger partial charge in [-0.15, -0.1) is 0 Å². The summed E-state index contributed by atoms with van der Waals surface area (Å²) in [4.78, 5) is 15.2. The van der Waals surface area contributed by atoms with E-state index in [1.54, 1.807) is 18.2 Å². The summed E-state index contributed by atoms with van der Waals surface area (Å²) in [7, 11) is 1.20. The summed E-state index contributed by atoms with van der Waals surface area (Å²) in [6, 6.07) is 7.35. The number of methoxy groups -OCH3 is 1. The number of aromatic nitrogens is 1. The third-order valence-corrected chi connectivity index (χ3v) is 2.85. The van der Waals surface area contributed by atoms with Crippen LogP contribution in [0, 0.1) is 5.95 Å². The Balaban J connectivity index is 2.64. The molecule has 0 aliphatic rings. The molecule has 19 heavy (non-hydrogen) atoms. The number of hydrogen-bond donors (Lipinski definition) is 0. The normalized spacial score (nSPS) is 10.3. The monoisotopic (exact) mass is 299 g/mol. The van der Waals surface area contributed by atoms with E-state index < -0.39 is 11.9 Å². The number of carbonyl (C=O) groups is 1. The van der Waals surface area contributed by atoms with E-state index in [1.807, 2.05) is 0 Å². The van der Waals surface area contributed by atoms with Gasteiger partial charge in [-0.25, -0.2) is 9.78 Å². The number of nitrogens with zero attached hydrogens (tertiary/aromatic N) is 1. The summed E-state index contributed by atoms with van der Waals surface area (Å²) in [5, 5.41) is 0.810. The van der Waals surface area contributed by atoms with Crippen molar-refractivity contribution in [3.8, 4) is 11.1 Å². The predicted molar refractivity (Wildman–Crippen MR) is 71.0 cm³/mol. The Morgan fingerprint density at radius 1 is 1.21 bits per heavy atom. The molecule has 6 heteroatoms. The Labute approximate surface area is 118 Å². The summed E-state index contributed by atoms with van der Waals surface area (Å²) >= 11 is 11.8. The van der Waals surface area contributed by atoms with Gasteiger partial charge in [0.05, 0.1) is 7.11 Å². The number of ether oxygens (including phenoxy) is 1. The molecule has 0 atom stereocenters. The molecule has 0 spiro atoms. The number of esters is 1. The molecule has 2 aromatic rings. The first kappa shape index (κ1) is 13.8. The minimum absolute atomic E-state index is 0.124. The number of hydrogen-bond acceptors (Lipinski definition) is 3. The quantitative estimate of drug-likeness (QED) is 0.622. The summed E-state index contributed by atoms with van der Waals surface area (Å²) in [6.07, 6.45) is 0. The van der Waals surface area contributed by atoms with Crippen molar-refractivity contribution in [3.05, 3.63) is 52.0 Å². The van der Waals surface area contributed by atoms with Gasteiger partial charge in [-0.05, 0) is 35.9 Å². The number of benzene rings is 1. The van der Waals surface area contributed by atoms with E-state index in [0.717, 1.165) is 6.07 Å². The van der Waals surface area contributed by atoms with Crippen LogP contribution < -0.4 is 0 Å². The number of pyridine rings is 1. The van der Waals surface area contributed by atoms with Gasteiger partial charge in [0.25, 0.3) is 0 Å². The van der Waals surface area contributed by atoms with Crippen molar-refractivity contribution in [2.75, 3.05) is 7.11 Å². The highest BCUT2D eigenvalue weighted by atomic mass is 35.5. The molecule has 0 unspecified atom stereocenters.